The SMILES string of the molecule is CCNCCCNc1cc(C(C)C)ncn1. The molecule has 0 unspecified atom stereocenters. The summed E-state index contributed by atoms with van der Waals surface area (Å²) in [6.07, 6.45) is 2.73. The maximum Gasteiger partial charge on any atom is 0.129 e. The molecule has 0 amide bonds. The molecule has 0 radical (unpaired) electrons. The molecule has 0 aliphatic heterocycles. The number of aromatic nitrogens is 2. The van der Waals surface area contributed by atoms with Gasteiger partial charge in [-0.3, -0.25) is 0 Å². The van der Waals surface area contributed by atoms with E-state index in [1.54, 1.807) is 6.33 Å². The molecule has 0 aromatic carbocycles. The number of nitrogens with zero attached hydrogens (tertiary/aromatic N) is 2. The van der Waals surface area contributed by atoms with Crippen LogP contribution >= 0.6 is 0 Å². The van der Waals surface area contributed by atoms with Crippen LogP contribution in [0.15, 0.2) is 12.4 Å². The van der Waals surface area contributed by atoms with Crippen LogP contribution in [0.25, 0.3) is 0 Å². The summed E-state index contributed by atoms with van der Waals surface area (Å²) in [6.45, 7) is 9.42. The Morgan fingerprint density at radius 3 is 2.75 bits per heavy atom. The van der Waals surface area contributed by atoms with E-state index in [4.69, 9.17) is 0 Å². The summed E-state index contributed by atoms with van der Waals surface area (Å²) >= 11 is 0. The Hall–Kier alpha value is -1.16. The minimum atomic E-state index is 0.449. The lowest BCUT2D eigenvalue weighted by atomic mass is 10.1. The molecule has 4 nitrogen and oxygen atoms in total. The molecule has 16 heavy (non-hydrogen) atoms. The van der Waals surface area contributed by atoms with Crippen LogP contribution < -0.4 is 10.6 Å². The van der Waals surface area contributed by atoms with E-state index in [2.05, 4.69) is 41.4 Å². The van der Waals surface area contributed by atoms with Crippen molar-refractivity contribution in [1.29, 1.82) is 0 Å². The van der Waals surface area contributed by atoms with E-state index >= 15 is 0 Å². The molecule has 0 atom stereocenters. The number of rotatable bonds is 7. The Kier molecular flexibility index (Phi) is 5.78. The van der Waals surface area contributed by atoms with Crippen molar-refractivity contribution in [1.82, 2.24) is 15.3 Å². The first-order chi connectivity index (χ1) is 7.74. The minimum Gasteiger partial charge on any atom is -0.370 e. The fourth-order valence-corrected chi connectivity index (χ4v) is 1.39. The third-order valence-corrected chi connectivity index (χ3v) is 2.37. The first-order valence-corrected chi connectivity index (χ1v) is 6.00. The average Bonchev–Trinajstić information content (AvgIpc) is 2.29. The number of nitrogens with one attached hydrogen (secondary N) is 2. The Labute approximate surface area is 97.9 Å². The molecule has 90 valence electrons. The van der Waals surface area contributed by atoms with E-state index in [0.29, 0.717) is 5.92 Å². The zero-order chi connectivity index (χ0) is 11.8. The lowest BCUT2D eigenvalue weighted by molar-refractivity contribution is 0.687. The first kappa shape index (κ1) is 12.9. The highest BCUT2D eigenvalue weighted by Gasteiger charge is 2.01. The van der Waals surface area contributed by atoms with Crippen molar-refractivity contribution in [2.75, 3.05) is 25.0 Å². The summed E-state index contributed by atoms with van der Waals surface area (Å²) < 4.78 is 0. The quantitative estimate of drug-likeness (QED) is 0.693. The standard InChI is InChI=1S/C12H22N4/c1-4-13-6-5-7-14-12-8-11(10(2)3)15-9-16-12/h8-10,13H,4-7H2,1-3H3,(H,14,15,16). The largest absolute Gasteiger partial charge is 0.370 e. The second kappa shape index (κ2) is 7.17. The average molecular weight is 222 g/mol. The van der Waals surface area contributed by atoms with Crippen molar-refractivity contribution >= 4 is 5.82 Å². The molecule has 2 N–H and O–H groups in total. The van der Waals surface area contributed by atoms with Crippen molar-refractivity contribution in [2.45, 2.75) is 33.1 Å². The van der Waals surface area contributed by atoms with Crippen molar-refractivity contribution in [3.05, 3.63) is 18.1 Å². The van der Waals surface area contributed by atoms with Gasteiger partial charge in [-0.1, -0.05) is 20.8 Å². The summed E-state index contributed by atoms with van der Waals surface area (Å²) in [5.74, 6) is 1.38. The van der Waals surface area contributed by atoms with Crippen LogP contribution in [0.5, 0.6) is 0 Å². The summed E-state index contributed by atoms with van der Waals surface area (Å²) in [7, 11) is 0. The summed E-state index contributed by atoms with van der Waals surface area (Å²) in [6, 6.07) is 2.03. The molecule has 1 aromatic rings. The van der Waals surface area contributed by atoms with Crippen LogP contribution in [0.4, 0.5) is 5.82 Å². The van der Waals surface area contributed by atoms with Gasteiger partial charge < -0.3 is 10.6 Å². The highest BCUT2D eigenvalue weighted by Crippen LogP contribution is 2.13. The van der Waals surface area contributed by atoms with E-state index in [9.17, 15) is 0 Å². The Morgan fingerprint density at radius 2 is 2.06 bits per heavy atom. The second-order valence-corrected chi connectivity index (χ2v) is 4.12. The molecule has 0 spiro atoms. The Morgan fingerprint density at radius 1 is 1.25 bits per heavy atom. The molecule has 1 aromatic heterocycles. The first-order valence-electron chi connectivity index (χ1n) is 6.00. The fraction of sp³-hybridized carbons (Fsp3) is 0.667. The molecule has 0 saturated carbocycles. The third-order valence-electron chi connectivity index (χ3n) is 2.37. The van der Waals surface area contributed by atoms with Gasteiger partial charge in [0.05, 0.1) is 0 Å². The summed E-state index contributed by atoms with van der Waals surface area (Å²) in [5, 5.41) is 6.60. The predicted molar refractivity (Wildman–Crippen MR) is 67.8 cm³/mol. The van der Waals surface area contributed by atoms with E-state index < -0.39 is 0 Å². The van der Waals surface area contributed by atoms with Gasteiger partial charge in [0.15, 0.2) is 0 Å². The molecule has 0 aliphatic rings. The lowest BCUT2D eigenvalue weighted by Gasteiger charge is -2.08. The number of anilines is 1. The smallest absolute Gasteiger partial charge is 0.129 e. The maximum absolute atomic E-state index is 4.23. The second-order valence-electron chi connectivity index (χ2n) is 4.12. The van der Waals surface area contributed by atoms with Crippen LogP contribution in [0.3, 0.4) is 0 Å². The monoisotopic (exact) mass is 222 g/mol. The maximum atomic E-state index is 4.23. The number of hydrogen-bond donors (Lipinski definition) is 2. The van der Waals surface area contributed by atoms with Gasteiger partial charge >= 0.3 is 0 Å². The number of hydrogen-bond acceptors (Lipinski definition) is 4. The van der Waals surface area contributed by atoms with Gasteiger partial charge in [0.1, 0.15) is 12.1 Å². The van der Waals surface area contributed by atoms with Gasteiger partial charge in [-0.15, -0.1) is 0 Å². The van der Waals surface area contributed by atoms with Crippen LogP contribution in [-0.2, 0) is 0 Å². The van der Waals surface area contributed by atoms with E-state index in [-0.39, 0.29) is 0 Å². The fourth-order valence-electron chi connectivity index (χ4n) is 1.39. The minimum absolute atomic E-state index is 0.449. The Bertz CT molecular complexity index is 299. The normalized spacial score (nSPS) is 10.8. The van der Waals surface area contributed by atoms with Gasteiger partial charge in [0, 0.05) is 18.3 Å². The molecule has 0 bridgehead atoms. The molecule has 0 fully saturated rings. The molecule has 0 saturated heterocycles. The van der Waals surface area contributed by atoms with Crippen LogP contribution in [0.1, 0.15) is 38.8 Å². The zero-order valence-electron chi connectivity index (χ0n) is 10.5. The topological polar surface area (TPSA) is 49.8 Å². The highest BCUT2D eigenvalue weighted by molar-refractivity contribution is 5.35. The van der Waals surface area contributed by atoms with E-state index in [1.807, 2.05) is 6.07 Å². The molecule has 4 heteroatoms. The molecule has 1 rings (SSSR count). The third kappa shape index (κ3) is 4.57. The predicted octanol–water partition coefficient (Wildman–Crippen LogP) is 2.01. The van der Waals surface area contributed by atoms with Crippen molar-refractivity contribution in [2.24, 2.45) is 0 Å². The van der Waals surface area contributed by atoms with Gasteiger partial charge in [0.25, 0.3) is 0 Å². The molecule has 1 heterocycles. The van der Waals surface area contributed by atoms with Gasteiger partial charge in [-0.2, -0.15) is 0 Å². The molecule has 0 aliphatic carbocycles. The van der Waals surface area contributed by atoms with Crippen molar-refractivity contribution in [3.63, 3.8) is 0 Å². The van der Waals surface area contributed by atoms with Crippen molar-refractivity contribution < 1.29 is 0 Å². The van der Waals surface area contributed by atoms with E-state index in [0.717, 1.165) is 37.6 Å². The summed E-state index contributed by atoms with van der Waals surface area (Å²) in [4.78, 5) is 8.43. The van der Waals surface area contributed by atoms with Crippen LogP contribution in [0.2, 0.25) is 0 Å². The van der Waals surface area contributed by atoms with Gasteiger partial charge in [0.2, 0.25) is 0 Å². The lowest BCUT2D eigenvalue weighted by Crippen LogP contribution is -2.17. The molecular formula is C12H22N4. The van der Waals surface area contributed by atoms with Crippen LogP contribution in [0, 0.1) is 0 Å². The van der Waals surface area contributed by atoms with Gasteiger partial charge in [-0.05, 0) is 25.4 Å². The van der Waals surface area contributed by atoms with E-state index in [1.165, 1.54) is 0 Å². The van der Waals surface area contributed by atoms with Gasteiger partial charge in [-0.25, -0.2) is 9.97 Å². The Balaban J connectivity index is 2.33. The molecular weight excluding hydrogens is 200 g/mol. The summed E-state index contributed by atoms with van der Waals surface area (Å²) in [5.41, 5.74) is 1.09. The van der Waals surface area contributed by atoms with Crippen LogP contribution in [-0.4, -0.2) is 29.6 Å². The highest BCUT2D eigenvalue weighted by atomic mass is 15.0. The van der Waals surface area contributed by atoms with Crippen molar-refractivity contribution in [3.8, 4) is 0 Å². The zero-order valence-corrected chi connectivity index (χ0v) is 10.5.